The summed E-state index contributed by atoms with van der Waals surface area (Å²) in [5, 5.41) is 2.58. The lowest BCUT2D eigenvalue weighted by atomic mass is 9.97. The summed E-state index contributed by atoms with van der Waals surface area (Å²) in [6.07, 6.45) is 2.87. The van der Waals surface area contributed by atoms with Crippen LogP contribution in [-0.4, -0.2) is 18.7 Å². The van der Waals surface area contributed by atoms with Crippen molar-refractivity contribution in [1.29, 1.82) is 0 Å². The van der Waals surface area contributed by atoms with Crippen LogP contribution in [0.25, 0.3) is 5.57 Å². The number of rotatable bonds is 5. The van der Waals surface area contributed by atoms with Crippen LogP contribution < -0.4 is 5.32 Å². The summed E-state index contributed by atoms with van der Waals surface area (Å²) in [6, 6.07) is 7.50. The number of hydrogen-bond acceptors (Lipinski definition) is 2. The summed E-state index contributed by atoms with van der Waals surface area (Å²) in [5.41, 5.74) is 2.83. The highest BCUT2D eigenvalue weighted by Crippen LogP contribution is 2.36. The predicted molar refractivity (Wildman–Crippen MR) is 80.4 cm³/mol. The number of carbonyl (C=O) groups is 2. The van der Waals surface area contributed by atoms with Gasteiger partial charge in [-0.2, -0.15) is 0 Å². The normalized spacial score (nSPS) is 13.9. The van der Waals surface area contributed by atoms with E-state index in [1.807, 2.05) is 18.2 Å². The fourth-order valence-corrected chi connectivity index (χ4v) is 2.66. The molecule has 0 radical (unpaired) electrons. The van der Waals surface area contributed by atoms with E-state index in [-0.39, 0.29) is 11.7 Å². The third-order valence-corrected chi connectivity index (χ3v) is 3.69. The molecule has 0 bridgehead atoms. The maximum absolute atomic E-state index is 12.4. The van der Waals surface area contributed by atoms with Crippen LogP contribution in [0, 0.1) is 5.92 Å². The second-order valence-corrected chi connectivity index (χ2v) is 5.59. The highest BCUT2D eigenvalue weighted by Gasteiger charge is 2.32. The van der Waals surface area contributed by atoms with E-state index >= 15 is 0 Å². The first-order valence-electron chi connectivity index (χ1n) is 7.15. The fraction of sp³-hybridized carbons (Fsp3) is 0.412. The van der Waals surface area contributed by atoms with E-state index in [1.54, 1.807) is 13.1 Å². The standard InChI is InChI=1S/C17H21NO2/c1-11(2)7-6-10-13-12-8-4-5-9-14(12)16(19)15(13)17(20)18-3/h4-5,8-9,11H,6-7,10H2,1-3H3,(H,18,20). The van der Waals surface area contributed by atoms with Crippen molar-refractivity contribution in [2.45, 2.75) is 33.1 Å². The van der Waals surface area contributed by atoms with Gasteiger partial charge in [-0.3, -0.25) is 9.59 Å². The van der Waals surface area contributed by atoms with Crippen molar-refractivity contribution in [2.75, 3.05) is 7.05 Å². The second kappa shape index (κ2) is 6.04. The minimum atomic E-state index is -0.272. The van der Waals surface area contributed by atoms with E-state index in [0.29, 0.717) is 17.1 Å². The molecular weight excluding hydrogens is 250 g/mol. The van der Waals surface area contributed by atoms with Crippen molar-refractivity contribution in [3.05, 3.63) is 41.0 Å². The van der Waals surface area contributed by atoms with Crippen LogP contribution in [0.2, 0.25) is 0 Å². The zero-order chi connectivity index (χ0) is 14.7. The Hall–Kier alpha value is -1.90. The quantitative estimate of drug-likeness (QED) is 0.836. The largest absolute Gasteiger partial charge is 0.355 e. The van der Waals surface area contributed by atoms with Crippen LogP contribution in [-0.2, 0) is 4.79 Å². The number of fused-ring (bicyclic) bond motifs is 1. The van der Waals surface area contributed by atoms with Gasteiger partial charge >= 0.3 is 0 Å². The summed E-state index contributed by atoms with van der Waals surface area (Å²) >= 11 is 0. The maximum Gasteiger partial charge on any atom is 0.255 e. The molecule has 20 heavy (non-hydrogen) atoms. The van der Waals surface area contributed by atoms with Crippen molar-refractivity contribution in [3.8, 4) is 0 Å². The van der Waals surface area contributed by atoms with E-state index in [1.165, 1.54) is 0 Å². The van der Waals surface area contributed by atoms with Crippen LogP contribution in [0.5, 0.6) is 0 Å². The molecule has 0 saturated carbocycles. The van der Waals surface area contributed by atoms with Gasteiger partial charge in [-0.05, 0) is 29.9 Å². The van der Waals surface area contributed by atoms with E-state index in [0.717, 1.165) is 30.4 Å². The van der Waals surface area contributed by atoms with Crippen molar-refractivity contribution in [3.63, 3.8) is 0 Å². The number of benzene rings is 1. The molecule has 0 aromatic heterocycles. The highest BCUT2D eigenvalue weighted by atomic mass is 16.2. The number of hydrogen-bond donors (Lipinski definition) is 1. The van der Waals surface area contributed by atoms with Crippen LogP contribution in [0.15, 0.2) is 29.8 Å². The lowest BCUT2D eigenvalue weighted by molar-refractivity contribution is -0.116. The van der Waals surface area contributed by atoms with Crippen LogP contribution >= 0.6 is 0 Å². The Morgan fingerprint density at radius 3 is 2.45 bits per heavy atom. The van der Waals surface area contributed by atoms with Crippen molar-refractivity contribution < 1.29 is 9.59 Å². The molecule has 1 aliphatic rings. The maximum atomic E-state index is 12.4. The average Bonchev–Trinajstić information content (AvgIpc) is 2.71. The van der Waals surface area contributed by atoms with Gasteiger partial charge in [-0.15, -0.1) is 0 Å². The number of ketones is 1. The minimum absolute atomic E-state index is 0.139. The Morgan fingerprint density at radius 2 is 1.85 bits per heavy atom. The first-order valence-corrected chi connectivity index (χ1v) is 7.15. The van der Waals surface area contributed by atoms with Gasteiger partial charge < -0.3 is 5.32 Å². The zero-order valence-corrected chi connectivity index (χ0v) is 12.3. The molecule has 3 heteroatoms. The molecular formula is C17H21NO2. The number of allylic oxidation sites excluding steroid dienone is 1. The Kier molecular flexibility index (Phi) is 4.38. The molecule has 0 heterocycles. The summed E-state index contributed by atoms with van der Waals surface area (Å²) in [4.78, 5) is 24.4. The van der Waals surface area contributed by atoms with Gasteiger partial charge in [0.05, 0.1) is 5.57 Å². The minimum Gasteiger partial charge on any atom is -0.355 e. The van der Waals surface area contributed by atoms with Crippen molar-refractivity contribution >= 4 is 17.3 Å². The molecule has 0 saturated heterocycles. The summed E-state index contributed by atoms with van der Waals surface area (Å²) in [6.45, 7) is 4.36. The molecule has 0 fully saturated rings. The van der Waals surface area contributed by atoms with Crippen LogP contribution in [0.1, 0.15) is 49.0 Å². The molecule has 0 atom stereocenters. The summed E-state index contributed by atoms with van der Waals surface area (Å²) < 4.78 is 0. The highest BCUT2D eigenvalue weighted by molar-refractivity contribution is 6.34. The molecule has 1 amide bonds. The third kappa shape index (κ3) is 2.67. The number of carbonyl (C=O) groups excluding carboxylic acids is 2. The molecule has 1 aliphatic carbocycles. The third-order valence-electron chi connectivity index (χ3n) is 3.69. The Labute approximate surface area is 120 Å². The fourth-order valence-electron chi connectivity index (χ4n) is 2.66. The summed E-state index contributed by atoms with van der Waals surface area (Å²) in [5.74, 6) is 0.219. The van der Waals surface area contributed by atoms with E-state index in [4.69, 9.17) is 0 Å². The van der Waals surface area contributed by atoms with Crippen LogP contribution in [0.3, 0.4) is 0 Å². The zero-order valence-electron chi connectivity index (χ0n) is 12.3. The van der Waals surface area contributed by atoms with Gasteiger partial charge in [0.2, 0.25) is 0 Å². The molecule has 3 nitrogen and oxygen atoms in total. The molecule has 0 aliphatic heterocycles. The number of likely N-dealkylation sites (N-methyl/N-ethyl adjacent to an activating group) is 1. The molecule has 1 N–H and O–H groups in total. The lowest BCUT2D eigenvalue weighted by Gasteiger charge is -2.08. The lowest BCUT2D eigenvalue weighted by Crippen LogP contribution is -2.23. The Morgan fingerprint density at radius 1 is 1.20 bits per heavy atom. The van der Waals surface area contributed by atoms with Gasteiger partial charge in [0.25, 0.3) is 5.91 Å². The van der Waals surface area contributed by atoms with Crippen LogP contribution in [0.4, 0.5) is 0 Å². The Bertz CT molecular complexity index is 570. The van der Waals surface area contributed by atoms with Crippen molar-refractivity contribution in [1.82, 2.24) is 5.32 Å². The SMILES string of the molecule is CNC(=O)C1=C(CCCC(C)C)c2ccccc2C1=O. The van der Waals surface area contributed by atoms with Crippen molar-refractivity contribution in [2.24, 2.45) is 5.92 Å². The average molecular weight is 271 g/mol. The molecule has 106 valence electrons. The molecule has 1 aromatic rings. The summed E-state index contributed by atoms with van der Waals surface area (Å²) in [7, 11) is 1.57. The molecule has 0 unspecified atom stereocenters. The first-order chi connectivity index (χ1) is 9.56. The monoisotopic (exact) mass is 271 g/mol. The van der Waals surface area contributed by atoms with Gasteiger partial charge in [0.15, 0.2) is 5.78 Å². The number of amides is 1. The topological polar surface area (TPSA) is 46.2 Å². The molecule has 1 aromatic carbocycles. The second-order valence-electron chi connectivity index (χ2n) is 5.59. The van der Waals surface area contributed by atoms with Gasteiger partial charge in [0, 0.05) is 12.6 Å². The predicted octanol–water partition coefficient (Wildman–Crippen LogP) is 3.21. The first kappa shape index (κ1) is 14.5. The number of nitrogens with one attached hydrogen (secondary N) is 1. The Balaban J connectivity index is 2.35. The molecule has 2 rings (SSSR count). The molecule has 0 spiro atoms. The van der Waals surface area contributed by atoms with Gasteiger partial charge in [-0.25, -0.2) is 0 Å². The van der Waals surface area contributed by atoms with E-state index in [9.17, 15) is 9.59 Å². The number of Topliss-reactive ketones (excluding diaryl/α,β-unsaturated/α-hetero) is 1. The van der Waals surface area contributed by atoms with E-state index in [2.05, 4.69) is 19.2 Å². The van der Waals surface area contributed by atoms with E-state index < -0.39 is 0 Å². The van der Waals surface area contributed by atoms with Gasteiger partial charge in [-0.1, -0.05) is 44.5 Å². The smallest absolute Gasteiger partial charge is 0.255 e. The van der Waals surface area contributed by atoms with Gasteiger partial charge in [0.1, 0.15) is 0 Å².